The molecule has 1 saturated carbocycles. The van der Waals surface area contributed by atoms with E-state index in [1.807, 2.05) is 0 Å². The third-order valence-corrected chi connectivity index (χ3v) is 4.96. The molecule has 0 aromatic heterocycles. The Hall–Kier alpha value is -1.83. The molecule has 0 radical (unpaired) electrons. The number of morpholine rings is 1. The van der Waals surface area contributed by atoms with Crippen LogP contribution in [0.2, 0.25) is 0 Å². The molecule has 0 unspecified atom stereocenters. The molecule has 2 aliphatic heterocycles. The van der Waals surface area contributed by atoms with Crippen LogP contribution in [0.4, 0.5) is 4.79 Å². The standard InChI is InChI=1S/C16H25N3O5/c1-2-24-15(22)19-7-5-17(6-8-19)13(20)16(3-4-16)14(21)18-9-11-23-12-10-18/h2-12H2,1H3. The Bertz CT molecular complexity index is 506. The maximum absolute atomic E-state index is 12.9. The number of nitrogens with zero attached hydrogens (tertiary/aromatic N) is 3. The van der Waals surface area contributed by atoms with E-state index < -0.39 is 5.41 Å². The van der Waals surface area contributed by atoms with E-state index in [4.69, 9.17) is 9.47 Å². The Morgan fingerprint density at radius 1 is 0.875 bits per heavy atom. The summed E-state index contributed by atoms with van der Waals surface area (Å²) in [7, 11) is 0. The van der Waals surface area contributed by atoms with Crippen LogP contribution in [-0.4, -0.2) is 91.7 Å². The van der Waals surface area contributed by atoms with Gasteiger partial charge in [0.15, 0.2) is 0 Å². The number of hydrogen-bond acceptors (Lipinski definition) is 5. The summed E-state index contributed by atoms with van der Waals surface area (Å²) in [5.74, 6) is -0.133. The second kappa shape index (κ2) is 6.96. The van der Waals surface area contributed by atoms with Gasteiger partial charge in [0.1, 0.15) is 5.41 Å². The zero-order valence-electron chi connectivity index (χ0n) is 14.2. The monoisotopic (exact) mass is 339 g/mol. The Labute approximate surface area is 141 Å². The van der Waals surface area contributed by atoms with Crippen molar-refractivity contribution < 1.29 is 23.9 Å². The minimum atomic E-state index is -0.858. The van der Waals surface area contributed by atoms with Crippen LogP contribution in [0, 0.1) is 5.41 Å². The van der Waals surface area contributed by atoms with Crippen molar-refractivity contribution in [1.82, 2.24) is 14.7 Å². The summed E-state index contributed by atoms with van der Waals surface area (Å²) in [6.07, 6.45) is 0.912. The van der Waals surface area contributed by atoms with Gasteiger partial charge in [0.2, 0.25) is 11.8 Å². The number of carbonyl (C=O) groups excluding carboxylic acids is 3. The lowest BCUT2D eigenvalue weighted by Crippen LogP contribution is -2.55. The van der Waals surface area contributed by atoms with Gasteiger partial charge in [-0.2, -0.15) is 0 Å². The van der Waals surface area contributed by atoms with E-state index >= 15 is 0 Å². The van der Waals surface area contributed by atoms with Crippen molar-refractivity contribution in [2.75, 3.05) is 59.1 Å². The molecule has 0 atom stereocenters. The van der Waals surface area contributed by atoms with Gasteiger partial charge in [-0.25, -0.2) is 4.79 Å². The molecule has 134 valence electrons. The predicted molar refractivity (Wildman–Crippen MR) is 84.2 cm³/mol. The highest BCUT2D eigenvalue weighted by atomic mass is 16.6. The fraction of sp³-hybridized carbons (Fsp3) is 0.812. The highest BCUT2D eigenvalue weighted by molar-refractivity contribution is 6.08. The van der Waals surface area contributed by atoms with Gasteiger partial charge in [0, 0.05) is 39.3 Å². The fourth-order valence-corrected chi connectivity index (χ4v) is 3.32. The SMILES string of the molecule is CCOC(=O)N1CCN(C(=O)C2(C(=O)N3CCOCC3)CC2)CC1. The first-order chi connectivity index (χ1) is 11.6. The van der Waals surface area contributed by atoms with Gasteiger partial charge in [0.25, 0.3) is 0 Å². The predicted octanol–water partition coefficient (Wildman–Crippen LogP) is -0.0739. The zero-order chi connectivity index (χ0) is 17.2. The molecule has 0 bridgehead atoms. The fourth-order valence-electron chi connectivity index (χ4n) is 3.32. The van der Waals surface area contributed by atoms with Crippen LogP contribution in [0.25, 0.3) is 0 Å². The summed E-state index contributed by atoms with van der Waals surface area (Å²) in [6.45, 7) is 6.11. The Morgan fingerprint density at radius 2 is 1.38 bits per heavy atom. The molecule has 3 rings (SSSR count). The van der Waals surface area contributed by atoms with Crippen molar-refractivity contribution in [3.8, 4) is 0 Å². The first-order valence-corrected chi connectivity index (χ1v) is 8.66. The molecule has 2 heterocycles. The van der Waals surface area contributed by atoms with Gasteiger partial charge in [-0.05, 0) is 19.8 Å². The van der Waals surface area contributed by atoms with Gasteiger partial charge in [-0.1, -0.05) is 0 Å². The molecule has 8 heteroatoms. The highest BCUT2D eigenvalue weighted by Gasteiger charge is 2.59. The molecule has 2 saturated heterocycles. The van der Waals surface area contributed by atoms with Crippen molar-refractivity contribution >= 4 is 17.9 Å². The van der Waals surface area contributed by atoms with E-state index in [1.54, 1.807) is 21.6 Å². The summed E-state index contributed by atoms with van der Waals surface area (Å²) in [5, 5.41) is 0. The van der Waals surface area contributed by atoms with Crippen LogP contribution >= 0.6 is 0 Å². The van der Waals surface area contributed by atoms with Crippen LogP contribution in [-0.2, 0) is 19.1 Å². The highest BCUT2D eigenvalue weighted by Crippen LogP contribution is 2.49. The van der Waals surface area contributed by atoms with Crippen molar-refractivity contribution in [1.29, 1.82) is 0 Å². The third-order valence-electron chi connectivity index (χ3n) is 4.96. The van der Waals surface area contributed by atoms with E-state index in [0.717, 1.165) is 0 Å². The lowest BCUT2D eigenvalue weighted by Gasteiger charge is -2.37. The van der Waals surface area contributed by atoms with E-state index in [1.165, 1.54) is 0 Å². The summed E-state index contributed by atoms with van der Waals surface area (Å²) in [6, 6.07) is 0. The second-order valence-electron chi connectivity index (χ2n) is 6.46. The Balaban J connectivity index is 1.57. The summed E-state index contributed by atoms with van der Waals surface area (Å²) >= 11 is 0. The lowest BCUT2D eigenvalue weighted by molar-refractivity contribution is -0.152. The lowest BCUT2D eigenvalue weighted by atomic mass is 10.0. The molecule has 8 nitrogen and oxygen atoms in total. The van der Waals surface area contributed by atoms with E-state index in [2.05, 4.69) is 0 Å². The molecule has 1 aliphatic carbocycles. The van der Waals surface area contributed by atoms with Gasteiger partial charge in [-0.3, -0.25) is 9.59 Å². The molecule has 0 aromatic rings. The van der Waals surface area contributed by atoms with Crippen molar-refractivity contribution in [2.24, 2.45) is 5.41 Å². The largest absolute Gasteiger partial charge is 0.450 e. The molecule has 24 heavy (non-hydrogen) atoms. The van der Waals surface area contributed by atoms with Gasteiger partial charge < -0.3 is 24.2 Å². The number of ether oxygens (including phenoxy) is 2. The molecule has 0 spiro atoms. The average Bonchev–Trinajstić information content (AvgIpc) is 3.43. The quantitative estimate of drug-likeness (QED) is 0.672. The van der Waals surface area contributed by atoms with Crippen LogP contribution in [0.5, 0.6) is 0 Å². The Kier molecular flexibility index (Phi) is 4.93. The number of hydrogen-bond donors (Lipinski definition) is 0. The van der Waals surface area contributed by atoms with Crippen molar-refractivity contribution in [3.05, 3.63) is 0 Å². The van der Waals surface area contributed by atoms with E-state index in [0.29, 0.717) is 71.9 Å². The van der Waals surface area contributed by atoms with Gasteiger partial charge >= 0.3 is 6.09 Å². The van der Waals surface area contributed by atoms with Crippen LogP contribution in [0.3, 0.4) is 0 Å². The second-order valence-corrected chi connectivity index (χ2v) is 6.46. The topological polar surface area (TPSA) is 79.4 Å². The minimum Gasteiger partial charge on any atom is -0.450 e. The summed E-state index contributed by atoms with van der Waals surface area (Å²) in [5.41, 5.74) is -0.858. The molecule has 0 aromatic carbocycles. The van der Waals surface area contributed by atoms with E-state index in [9.17, 15) is 14.4 Å². The molecular formula is C16H25N3O5. The van der Waals surface area contributed by atoms with Crippen LogP contribution in [0.15, 0.2) is 0 Å². The molecule has 0 N–H and O–H groups in total. The molecule has 3 amide bonds. The first-order valence-electron chi connectivity index (χ1n) is 8.66. The molecule has 3 fully saturated rings. The number of rotatable bonds is 3. The number of carbonyl (C=O) groups is 3. The first kappa shape index (κ1) is 17.0. The zero-order valence-corrected chi connectivity index (χ0v) is 14.2. The van der Waals surface area contributed by atoms with Gasteiger partial charge in [0.05, 0.1) is 19.8 Å². The van der Waals surface area contributed by atoms with Crippen molar-refractivity contribution in [2.45, 2.75) is 19.8 Å². The van der Waals surface area contributed by atoms with Crippen LogP contribution in [0.1, 0.15) is 19.8 Å². The normalized spacial score (nSPS) is 23.0. The average molecular weight is 339 g/mol. The minimum absolute atomic E-state index is 0.0522. The van der Waals surface area contributed by atoms with Crippen molar-refractivity contribution in [3.63, 3.8) is 0 Å². The van der Waals surface area contributed by atoms with E-state index in [-0.39, 0.29) is 17.9 Å². The number of amides is 3. The van der Waals surface area contributed by atoms with Crippen LogP contribution < -0.4 is 0 Å². The smallest absolute Gasteiger partial charge is 0.409 e. The maximum Gasteiger partial charge on any atom is 0.409 e. The number of piperazine rings is 1. The third kappa shape index (κ3) is 3.19. The summed E-state index contributed by atoms with van der Waals surface area (Å²) in [4.78, 5) is 42.5. The Morgan fingerprint density at radius 3 is 1.88 bits per heavy atom. The van der Waals surface area contributed by atoms with Gasteiger partial charge in [-0.15, -0.1) is 0 Å². The maximum atomic E-state index is 12.9. The molecular weight excluding hydrogens is 314 g/mol. The summed E-state index contributed by atoms with van der Waals surface area (Å²) < 4.78 is 10.3. The molecule has 3 aliphatic rings.